The lowest BCUT2D eigenvalue weighted by molar-refractivity contribution is -0.187. The zero-order valence-corrected chi connectivity index (χ0v) is 11.0. The lowest BCUT2D eigenvalue weighted by atomic mass is 9.97. The Morgan fingerprint density at radius 1 is 1.42 bits per heavy atom. The summed E-state index contributed by atoms with van der Waals surface area (Å²) in [4.78, 5) is 5.81. The van der Waals surface area contributed by atoms with Crippen LogP contribution in [0, 0.1) is 5.92 Å². The molecule has 0 bridgehead atoms. The predicted octanol–water partition coefficient (Wildman–Crippen LogP) is 3.09. The fourth-order valence-electron chi connectivity index (χ4n) is 2.29. The van der Waals surface area contributed by atoms with Crippen LogP contribution >= 0.6 is 11.6 Å². The second-order valence-electron chi connectivity index (χ2n) is 4.78. The molecule has 0 aromatic carbocycles. The van der Waals surface area contributed by atoms with Gasteiger partial charge in [0.05, 0.1) is 16.6 Å². The number of halogens is 4. The maximum absolute atomic E-state index is 12.7. The molecular formula is C12H15ClF3N3. The summed E-state index contributed by atoms with van der Waals surface area (Å²) in [6.45, 7) is 0.923. The highest BCUT2D eigenvalue weighted by Crippen LogP contribution is 2.33. The Bertz CT molecular complexity index is 450. The highest BCUT2D eigenvalue weighted by atomic mass is 35.5. The number of anilines is 1. The molecule has 2 N–H and O–H groups in total. The molecule has 1 saturated heterocycles. The smallest absolute Gasteiger partial charge is 0.384 e. The van der Waals surface area contributed by atoms with Crippen LogP contribution in [0.25, 0.3) is 0 Å². The molecule has 2 rings (SSSR count). The molecule has 1 aromatic rings. The lowest BCUT2D eigenvalue weighted by Gasteiger charge is -2.33. The van der Waals surface area contributed by atoms with E-state index in [4.69, 9.17) is 17.3 Å². The standard InChI is InChI=1S/C12H15ClF3N3/c13-9-3-4-11(17)18-10(9)7-19-5-1-2-8(6-19)12(14,15)16/h3-4,8H,1-2,5-7H2,(H2,17,18). The first-order chi connectivity index (χ1) is 8.86. The molecule has 1 aliphatic rings. The molecule has 0 aliphatic carbocycles. The minimum absolute atomic E-state index is 0.00366. The second kappa shape index (κ2) is 5.54. The molecule has 0 radical (unpaired) electrons. The van der Waals surface area contributed by atoms with E-state index in [0.717, 1.165) is 0 Å². The largest absolute Gasteiger partial charge is 0.393 e. The van der Waals surface area contributed by atoms with E-state index in [0.29, 0.717) is 36.0 Å². The van der Waals surface area contributed by atoms with Crippen molar-refractivity contribution in [3.8, 4) is 0 Å². The first kappa shape index (κ1) is 14.4. The SMILES string of the molecule is Nc1ccc(Cl)c(CN2CCCC(C(F)(F)F)C2)n1. The van der Waals surface area contributed by atoms with Gasteiger partial charge < -0.3 is 5.73 Å². The second-order valence-corrected chi connectivity index (χ2v) is 5.19. The fraction of sp³-hybridized carbons (Fsp3) is 0.583. The van der Waals surface area contributed by atoms with Gasteiger partial charge in [0, 0.05) is 13.1 Å². The summed E-state index contributed by atoms with van der Waals surface area (Å²) in [6, 6.07) is 3.19. The molecule has 2 heterocycles. The molecule has 0 saturated carbocycles. The number of nitrogens with two attached hydrogens (primary N) is 1. The average molecular weight is 294 g/mol. The van der Waals surface area contributed by atoms with Gasteiger partial charge in [-0.2, -0.15) is 13.2 Å². The van der Waals surface area contributed by atoms with Gasteiger partial charge in [0.2, 0.25) is 0 Å². The van der Waals surface area contributed by atoms with E-state index in [1.54, 1.807) is 17.0 Å². The summed E-state index contributed by atoms with van der Waals surface area (Å²) in [5, 5.41) is 0.434. The summed E-state index contributed by atoms with van der Waals surface area (Å²) in [7, 11) is 0. The third kappa shape index (κ3) is 3.73. The molecule has 3 nitrogen and oxygen atoms in total. The number of nitrogens with zero attached hydrogens (tertiary/aromatic N) is 2. The van der Waals surface area contributed by atoms with Crippen LogP contribution in [0.4, 0.5) is 19.0 Å². The summed E-state index contributed by atoms with van der Waals surface area (Å²) in [6.07, 6.45) is -3.41. The Balaban J connectivity index is 2.05. The Morgan fingerprint density at radius 2 is 2.16 bits per heavy atom. The minimum atomic E-state index is -4.13. The van der Waals surface area contributed by atoms with Crippen molar-refractivity contribution in [3.63, 3.8) is 0 Å². The van der Waals surface area contributed by atoms with Crippen LogP contribution in [0.2, 0.25) is 5.02 Å². The number of pyridine rings is 1. The number of nitrogen functional groups attached to an aromatic ring is 1. The molecule has 1 fully saturated rings. The maximum Gasteiger partial charge on any atom is 0.393 e. The number of aromatic nitrogens is 1. The molecular weight excluding hydrogens is 279 g/mol. The summed E-state index contributed by atoms with van der Waals surface area (Å²) in [5.74, 6) is -0.940. The molecule has 1 aliphatic heterocycles. The van der Waals surface area contributed by atoms with E-state index in [1.807, 2.05) is 0 Å². The van der Waals surface area contributed by atoms with Crippen molar-refractivity contribution in [1.82, 2.24) is 9.88 Å². The van der Waals surface area contributed by atoms with Crippen molar-refractivity contribution in [2.24, 2.45) is 5.92 Å². The van der Waals surface area contributed by atoms with Crippen molar-refractivity contribution < 1.29 is 13.2 Å². The van der Waals surface area contributed by atoms with Gasteiger partial charge in [0.15, 0.2) is 0 Å². The van der Waals surface area contributed by atoms with Gasteiger partial charge in [-0.1, -0.05) is 11.6 Å². The van der Waals surface area contributed by atoms with Crippen LogP contribution in [-0.4, -0.2) is 29.1 Å². The van der Waals surface area contributed by atoms with E-state index in [9.17, 15) is 13.2 Å². The Labute approximate surface area is 114 Å². The topological polar surface area (TPSA) is 42.1 Å². The van der Waals surface area contributed by atoms with Crippen molar-refractivity contribution >= 4 is 17.4 Å². The van der Waals surface area contributed by atoms with E-state index < -0.39 is 12.1 Å². The predicted molar refractivity (Wildman–Crippen MR) is 67.7 cm³/mol. The maximum atomic E-state index is 12.7. The van der Waals surface area contributed by atoms with Crippen molar-refractivity contribution in [2.75, 3.05) is 18.8 Å². The Kier molecular flexibility index (Phi) is 4.20. The fourth-order valence-corrected chi connectivity index (χ4v) is 2.46. The Morgan fingerprint density at radius 3 is 2.84 bits per heavy atom. The van der Waals surface area contributed by atoms with Crippen LogP contribution in [0.15, 0.2) is 12.1 Å². The lowest BCUT2D eigenvalue weighted by Crippen LogP contribution is -2.41. The number of likely N-dealkylation sites (tertiary alicyclic amines) is 1. The van der Waals surface area contributed by atoms with Gasteiger partial charge >= 0.3 is 6.18 Å². The number of alkyl halides is 3. The van der Waals surface area contributed by atoms with Gasteiger partial charge in [-0.3, -0.25) is 4.90 Å². The van der Waals surface area contributed by atoms with Crippen molar-refractivity contribution in [3.05, 3.63) is 22.8 Å². The zero-order chi connectivity index (χ0) is 14.0. The molecule has 1 aromatic heterocycles. The average Bonchev–Trinajstić information content (AvgIpc) is 2.33. The van der Waals surface area contributed by atoms with E-state index in [-0.39, 0.29) is 13.0 Å². The summed E-state index contributed by atoms with van der Waals surface area (Å²) in [5.41, 5.74) is 6.09. The highest BCUT2D eigenvalue weighted by molar-refractivity contribution is 6.31. The number of hydrogen-bond donors (Lipinski definition) is 1. The molecule has 0 spiro atoms. The van der Waals surface area contributed by atoms with E-state index in [1.165, 1.54) is 0 Å². The minimum Gasteiger partial charge on any atom is -0.384 e. The van der Waals surface area contributed by atoms with Gasteiger partial charge in [-0.05, 0) is 31.5 Å². The van der Waals surface area contributed by atoms with Crippen LogP contribution in [0.3, 0.4) is 0 Å². The summed E-state index contributed by atoms with van der Waals surface area (Å²) >= 11 is 5.97. The van der Waals surface area contributed by atoms with Crippen LogP contribution in [0.1, 0.15) is 18.5 Å². The third-order valence-electron chi connectivity index (χ3n) is 3.28. The molecule has 19 heavy (non-hydrogen) atoms. The van der Waals surface area contributed by atoms with Crippen LogP contribution in [-0.2, 0) is 6.54 Å². The van der Waals surface area contributed by atoms with E-state index in [2.05, 4.69) is 4.98 Å². The number of piperidine rings is 1. The summed E-state index contributed by atoms with van der Waals surface area (Å²) < 4.78 is 38.1. The first-order valence-electron chi connectivity index (χ1n) is 6.06. The number of rotatable bonds is 2. The molecule has 7 heteroatoms. The molecule has 106 valence electrons. The third-order valence-corrected chi connectivity index (χ3v) is 3.63. The monoisotopic (exact) mass is 293 g/mol. The van der Waals surface area contributed by atoms with Crippen molar-refractivity contribution in [2.45, 2.75) is 25.6 Å². The zero-order valence-electron chi connectivity index (χ0n) is 10.3. The quantitative estimate of drug-likeness (QED) is 0.911. The number of hydrogen-bond acceptors (Lipinski definition) is 3. The molecule has 1 unspecified atom stereocenters. The van der Waals surface area contributed by atoms with E-state index >= 15 is 0 Å². The Hall–Kier alpha value is -1.01. The molecule has 0 amide bonds. The molecule has 1 atom stereocenters. The van der Waals surface area contributed by atoms with Gasteiger partial charge in [0.1, 0.15) is 5.82 Å². The van der Waals surface area contributed by atoms with Crippen molar-refractivity contribution in [1.29, 1.82) is 0 Å². The van der Waals surface area contributed by atoms with Gasteiger partial charge in [-0.25, -0.2) is 4.98 Å². The van der Waals surface area contributed by atoms with Gasteiger partial charge in [-0.15, -0.1) is 0 Å². The van der Waals surface area contributed by atoms with Crippen LogP contribution in [0.5, 0.6) is 0 Å². The highest BCUT2D eigenvalue weighted by Gasteiger charge is 2.41. The normalized spacial score (nSPS) is 21.6. The first-order valence-corrected chi connectivity index (χ1v) is 6.44. The van der Waals surface area contributed by atoms with Crippen LogP contribution < -0.4 is 5.73 Å². The van der Waals surface area contributed by atoms with Gasteiger partial charge in [0.25, 0.3) is 0 Å².